The van der Waals surface area contributed by atoms with Gasteiger partial charge in [0.2, 0.25) is 11.7 Å². The lowest BCUT2D eigenvalue weighted by Gasteiger charge is -2.08. The van der Waals surface area contributed by atoms with Crippen LogP contribution in [-0.4, -0.2) is 24.0 Å². The summed E-state index contributed by atoms with van der Waals surface area (Å²) < 4.78 is 24.1. The van der Waals surface area contributed by atoms with Gasteiger partial charge in [0.15, 0.2) is 0 Å². The van der Waals surface area contributed by atoms with E-state index in [1.165, 1.54) is 6.07 Å². The van der Waals surface area contributed by atoms with Gasteiger partial charge in [-0.15, -0.1) is 0 Å². The van der Waals surface area contributed by atoms with Crippen molar-refractivity contribution in [3.8, 4) is 11.5 Å². The van der Waals surface area contributed by atoms with Crippen LogP contribution in [0.15, 0.2) is 42.5 Å². The van der Waals surface area contributed by atoms with E-state index in [2.05, 4.69) is 5.32 Å². The minimum Gasteiger partial charge on any atom is -0.494 e. The van der Waals surface area contributed by atoms with Gasteiger partial charge < -0.3 is 14.8 Å². The van der Waals surface area contributed by atoms with E-state index in [0.717, 1.165) is 17.9 Å². The summed E-state index contributed by atoms with van der Waals surface area (Å²) in [6.45, 7) is 2.83. The lowest BCUT2D eigenvalue weighted by Crippen LogP contribution is -2.13. The molecule has 0 heterocycles. The van der Waals surface area contributed by atoms with Gasteiger partial charge in [-0.2, -0.15) is 4.39 Å². The van der Waals surface area contributed by atoms with E-state index in [1.807, 2.05) is 6.92 Å². The Balaban J connectivity index is 1.75. The van der Waals surface area contributed by atoms with Gasteiger partial charge in [-0.1, -0.05) is 0 Å². The van der Waals surface area contributed by atoms with Gasteiger partial charge in [-0.05, 0) is 49.7 Å². The van der Waals surface area contributed by atoms with Crippen molar-refractivity contribution in [2.75, 3.05) is 18.5 Å². The molecule has 0 aliphatic carbocycles. The molecular weight excluding hydrogens is 343 g/mol. The number of ether oxygens (including phenoxy) is 2. The minimum absolute atomic E-state index is 0.169. The normalized spacial score (nSPS) is 10.2. The van der Waals surface area contributed by atoms with Crippen molar-refractivity contribution in [2.45, 2.75) is 19.8 Å². The molecule has 2 aromatic carbocycles. The van der Waals surface area contributed by atoms with Gasteiger partial charge in [-0.3, -0.25) is 14.9 Å². The van der Waals surface area contributed by atoms with Gasteiger partial charge in [-0.25, -0.2) is 0 Å². The zero-order valence-corrected chi connectivity index (χ0v) is 14.2. The number of nitro benzene ring substituents is 1. The second-order valence-corrected chi connectivity index (χ2v) is 5.33. The molecule has 7 nitrogen and oxygen atoms in total. The maximum absolute atomic E-state index is 13.3. The molecule has 0 spiro atoms. The van der Waals surface area contributed by atoms with E-state index in [-0.39, 0.29) is 18.0 Å². The first-order valence-corrected chi connectivity index (χ1v) is 8.09. The molecule has 0 atom stereocenters. The van der Waals surface area contributed by atoms with Crippen molar-refractivity contribution in [1.82, 2.24) is 0 Å². The number of anilines is 1. The number of rotatable bonds is 9. The highest BCUT2D eigenvalue weighted by Gasteiger charge is 2.15. The van der Waals surface area contributed by atoms with Gasteiger partial charge in [0.25, 0.3) is 0 Å². The van der Waals surface area contributed by atoms with Gasteiger partial charge in [0.05, 0.1) is 18.1 Å². The van der Waals surface area contributed by atoms with E-state index in [9.17, 15) is 19.3 Å². The third-order valence-electron chi connectivity index (χ3n) is 3.38. The van der Waals surface area contributed by atoms with E-state index < -0.39 is 16.4 Å². The SMILES string of the molecule is CCOc1ccc(OCCCC(=O)Nc2ccc(F)c([N+](=O)[O-])c2)cc1. The van der Waals surface area contributed by atoms with Gasteiger partial charge in [0.1, 0.15) is 11.5 Å². The Morgan fingerprint density at radius 1 is 1.15 bits per heavy atom. The molecule has 0 fully saturated rings. The van der Waals surface area contributed by atoms with Gasteiger partial charge in [0, 0.05) is 18.2 Å². The van der Waals surface area contributed by atoms with Crippen LogP contribution in [0.3, 0.4) is 0 Å². The van der Waals surface area contributed by atoms with Crippen LogP contribution in [0, 0.1) is 15.9 Å². The number of hydrogen-bond acceptors (Lipinski definition) is 5. The summed E-state index contributed by atoms with van der Waals surface area (Å²) in [5, 5.41) is 13.2. The number of hydrogen-bond donors (Lipinski definition) is 1. The predicted octanol–water partition coefficient (Wildman–Crippen LogP) is 3.93. The summed E-state index contributed by atoms with van der Waals surface area (Å²) in [4.78, 5) is 21.7. The van der Waals surface area contributed by atoms with Crippen LogP contribution >= 0.6 is 0 Å². The van der Waals surface area contributed by atoms with Crippen LogP contribution in [0.2, 0.25) is 0 Å². The van der Waals surface area contributed by atoms with Crippen LogP contribution in [-0.2, 0) is 4.79 Å². The number of amides is 1. The Morgan fingerprint density at radius 2 is 1.81 bits per heavy atom. The van der Waals surface area contributed by atoms with Crippen molar-refractivity contribution in [3.05, 3.63) is 58.4 Å². The Bertz CT molecular complexity index is 765. The molecular formula is C18H19FN2O5. The highest BCUT2D eigenvalue weighted by Crippen LogP contribution is 2.22. The first-order chi connectivity index (χ1) is 12.5. The van der Waals surface area contributed by atoms with Crippen molar-refractivity contribution in [3.63, 3.8) is 0 Å². The molecule has 0 saturated heterocycles. The highest BCUT2D eigenvalue weighted by molar-refractivity contribution is 5.91. The molecule has 1 N–H and O–H groups in total. The molecule has 0 radical (unpaired) electrons. The number of nitrogens with zero attached hydrogens (tertiary/aromatic N) is 1. The summed E-state index contributed by atoms with van der Waals surface area (Å²) in [6.07, 6.45) is 0.630. The molecule has 0 aliphatic rings. The van der Waals surface area contributed by atoms with Crippen LogP contribution in [0.25, 0.3) is 0 Å². The van der Waals surface area contributed by atoms with Gasteiger partial charge >= 0.3 is 5.69 Å². The second-order valence-electron chi connectivity index (χ2n) is 5.33. The lowest BCUT2D eigenvalue weighted by molar-refractivity contribution is -0.387. The first-order valence-electron chi connectivity index (χ1n) is 8.09. The summed E-state index contributed by atoms with van der Waals surface area (Å²) in [6, 6.07) is 10.4. The molecule has 0 bridgehead atoms. The Labute approximate surface area is 149 Å². The van der Waals surface area contributed by atoms with Crippen LogP contribution in [0.1, 0.15) is 19.8 Å². The molecule has 0 unspecified atom stereocenters. The van der Waals surface area contributed by atoms with Crippen molar-refractivity contribution < 1.29 is 23.6 Å². The van der Waals surface area contributed by atoms with E-state index in [1.54, 1.807) is 24.3 Å². The van der Waals surface area contributed by atoms with Crippen molar-refractivity contribution in [1.29, 1.82) is 0 Å². The monoisotopic (exact) mass is 362 g/mol. The zero-order valence-electron chi connectivity index (χ0n) is 14.2. The van der Waals surface area contributed by atoms with E-state index in [4.69, 9.17) is 9.47 Å². The van der Waals surface area contributed by atoms with Crippen molar-refractivity contribution in [2.24, 2.45) is 0 Å². The van der Waals surface area contributed by atoms with E-state index in [0.29, 0.717) is 25.4 Å². The molecule has 0 aliphatic heterocycles. The van der Waals surface area contributed by atoms with Crippen molar-refractivity contribution >= 4 is 17.3 Å². The maximum atomic E-state index is 13.3. The molecule has 0 saturated carbocycles. The summed E-state index contributed by atoms with van der Waals surface area (Å²) >= 11 is 0. The molecule has 26 heavy (non-hydrogen) atoms. The number of carbonyl (C=O) groups is 1. The Morgan fingerprint density at radius 3 is 2.42 bits per heavy atom. The number of nitro groups is 1. The molecule has 138 valence electrons. The second kappa shape index (κ2) is 9.36. The molecule has 1 amide bonds. The minimum atomic E-state index is -0.947. The largest absolute Gasteiger partial charge is 0.494 e. The third kappa shape index (κ3) is 5.73. The number of nitrogens with one attached hydrogen (secondary N) is 1. The zero-order chi connectivity index (χ0) is 18.9. The average molecular weight is 362 g/mol. The standard InChI is InChI=1S/C18H19FN2O5/c1-2-25-14-6-8-15(9-7-14)26-11-3-4-18(22)20-13-5-10-16(19)17(12-13)21(23)24/h5-10,12H,2-4,11H2,1H3,(H,20,22). The summed E-state index contributed by atoms with van der Waals surface area (Å²) in [5.74, 6) is 0.147. The molecule has 0 aromatic heterocycles. The van der Waals surface area contributed by atoms with Crippen LogP contribution < -0.4 is 14.8 Å². The average Bonchev–Trinajstić information content (AvgIpc) is 2.62. The van der Waals surface area contributed by atoms with E-state index >= 15 is 0 Å². The fourth-order valence-corrected chi connectivity index (χ4v) is 2.18. The van der Waals surface area contributed by atoms with Crippen LogP contribution in [0.5, 0.6) is 11.5 Å². The number of halogens is 1. The number of benzene rings is 2. The summed E-state index contributed by atoms with van der Waals surface area (Å²) in [5.41, 5.74) is -0.503. The summed E-state index contributed by atoms with van der Waals surface area (Å²) in [7, 11) is 0. The van der Waals surface area contributed by atoms with Crippen LogP contribution in [0.4, 0.5) is 15.8 Å². The fraction of sp³-hybridized carbons (Fsp3) is 0.278. The number of carbonyl (C=O) groups excluding carboxylic acids is 1. The fourth-order valence-electron chi connectivity index (χ4n) is 2.18. The predicted molar refractivity (Wildman–Crippen MR) is 94.0 cm³/mol. The topological polar surface area (TPSA) is 90.7 Å². The lowest BCUT2D eigenvalue weighted by atomic mass is 10.2. The first kappa shape index (κ1) is 19.2. The molecule has 8 heteroatoms. The quantitative estimate of drug-likeness (QED) is 0.415. The Kier molecular flexibility index (Phi) is 6.90. The molecule has 2 rings (SSSR count). The third-order valence-corrected chi connectivity index (χ3v) is 3.38. The Hall–Kier alpha value is -3.16. The smallest absolute Gasteiger partial charge is 0.306 e. The molecule has 2 aromatic rings. The highest BCUT2D eigenvalue weighted by atomic mass is 19.1. The maximum Gasteiger partial charge on any atom is 0.306 e.